The van der Waals surface area contributed by atoms with Gasteiger partial charge in [-0.15, -0.1) is 0 Å². The van der Waals surface area contributed by atoms with Crippen molar-refractivity contribution in [3.8, 4) is 17.2 Å². The third-order valence-electron chi connectivity index (χ3n) is 3.90. The van der Waals surface area contributed by atoms with Crippen LogP contribution in [0.1, 0.15) is 21.6 Å². The number of phenolic OH excluding ortho intramolecular Hbond substituents is 1. The Labute approximate surface area is 143 Å². The number of hydrogen-bond acceptors (Lipinski definition) is 5. The van der Waals surface area contributed by atoms with Gasteiger partial charge in [0.1, 0.15) is 11.1 Å². The Kier molecular flexibility index (Phi) is 4.02. The molecule has 0 bridgehead atoms. The number of pyridine rings is 1. The Hall–Kier alpha value is -3.54. The highest BCUT2D eigenvalue weighted by Crippen LogP contribution is 2.33. The van der Waals surface area contributed by atoms with Crippen LogP contribution in [0, 0.1) is 0 Å². The molecule has 3 rings (SSSR count). The molecule has 0 saturated carbocycles. The van der Waals surface area contributed by atoms with Crippen LogP contribution in [-0.2, 0) is 0 Å². The summed E-state index contributed by atoms with van der Waals surface area (Å²) in [6, 6.07) is 11.1. The van der Waals surface area contributed by atoms with Crippen molar-refractivity contribution in [3.63, 3.8) is 0 Å². The Morgan fingerprint density at radius 3 is 2.52 bits per heavy atom. The molecule has 6 nitrogen and oxygen atoms in total. The minimum Gasteiger partial charge on any atom is -0.505 e. The highest BCUT2D eigenvalue weighted by Gasteiger charge is 2.15. The number of methoxy groups -OCH3 is 1. The molecule has 1 heterocycles. The fourth-order valence-electron chi connectivity index (χ4n) is 2.53. The number of aromatic nitrogens is 1. The van der Waals surface area contributed by atoms with E-state index in [0.29, 0.717) is 28.0 Å². The van der Waals surface area contributed by atoms with E-state index in [1.165, 1.54) is 19.2 Å². The SMILES string of the molecule is C=C(c1ccc(O)c(OC)c1)c1ccc2ccc(C(=O)O)c(O)c2n1. The lowest BCUT2D eigenvalue weighted by Crippen LogP contribution is -1.99. The number of phenols is 2. The zero-order valence-corrected chi connectivity index (χ0v) is 13.4. The number of carbonyl (C=O) groups is 1. The first-order valence-corrected chi connectivity index (χ1v) is 7.35. The molecule has 25 heavy (non-hydrogen) atoms. The normalized spacial score (nSPS) is 10.6. The largest absolute Gasteiger partial charge is 0.505 e. The van der Waals surface area contributed by atoms with Gasteiger partial charge in [-0.1, -0.05) is 24.8 Å². The van der Waals surface area contributed by atoms with Crippen LogP contribution in [0.25, 0.3) is 16.5 Å². The van der Waals surface area contributed by atoms with Crippen LogP contribution in [0.2, 0.25) is 0 Å². The van der Waals surface area contributed by atoms with Crippen LogP contribution < -0.4 is 4.74 Å². The quantitative estimate of drug-likeness (QED) is 0.674. The molecule has 1 aromatic heterocycles. The molecule has 0 radical (unpaired) electrons. The minimum atomic E-state index is -1.23. The van der Waals surface area contributed by atoms with Gasteiger partial charge in [0.25, 0.3) is 0 Å². The maximum absolute atomic E-state index is 11.2. The van der Waals surface area contributed by atoms with Gasteiger partial charge in [-0.25, -0.2) is 9.78 Å². The summed E-state index contributed by atoms with van der Waals surface area (Å²) in [4.78, 5) is 15.5. The minimum absolute atomic E-state index is 0.00858. The molecule has 0 amide bonds. The third kappa shape index (κ3) is 2.85. The Morgan fingerprint density at radius 2 is 1.84 bits per heavy atom. The molecule has 6 heteroatoms. The van der Waals surface area contributed by atoms with Gasteiger partial charge in [-0.05, 0) is 29.8 Å². The number of benzene rings is 2. The molecule has 0 saturated heterocycles. The highest BCUT2D eigenvalue weighted by atomic mass is 16.5. The van der Waals surface area contributed by atoms with Crippen molar-refractivity contribution in [1.29, 1.82) is 0 Å². The number of nitrogens with zero attached hydrogens (tertiary/aromatic N) is 1. The van der Waals surface area contributed by atoms with Crippen LogP contribution in [-0.4, -0.2) is 33.4 Å². The van der Waals surface area contributed by atoms with Crippen molar-refractivity contribution >= 4 is 22.4 Å². The van der Waals surface area contributed by atoms with E-state index < -0.39 is 5.97 Å². The van der Waals surface area contributed by atoms with Gasteiger partial charge >= 0.3 is 5.97 Å². The average molecular weight is 337 g/mol. The van der Waals surface area contributed by atoms with Gasteiger partial charge in [-0.2, -0.15) is 0 Å². The summed E-state index contributed by atoms with van der Waals surface area (Å²) in [5, 5.41) is 29.6. The first kappa shape index (κ1) is 16.3. The lowest BCUT2D eigenvalue weighted by atomic mass is 10.0. The van der Waals surface area contributed by atoms with Crippen LogP contribution in [0.4, 0.5) is 0 Å². The average Bonchev–Trinajstić information content (AvgIpc) is 2.61. The van der Waals surface area contributed by atoms with Crippen molar-refractivity contribution in [2.24, 2.45) is 0 Å². The molecule has 3 aromatic rings. The number of rotatable bonds is 4. The van der Waals surface area contributed by atoms with E-state index in [4.69, 9.17) is 9.84 Å². The maximum Gasteiger partial charge on any atom is 0.339 e. The monoisotopic (exact) mass is 337 g/mol. The molecule has 0 spiro atoms. The number of carboxylic acid groups (broad SMARTS) is 1. The summed E-state index contributed by atoms with van der Waals surface area (Å²) < 4.78 is 5.09. The Bertz CT molecular complexity index is 1010. The first-order chi connectivity index (χ1) is 11.9. The number of ether oxygens (including phenoxy) is 1. The predicted molar refractivity (Wildman–Crippen MR) is 93.2 cm³/mol. The second-order valence-corrected chi connectivity index (χ2v) is 5.40. The summed E-state index contributed by atoms with van der Waals surface area (Å²) in [5.41, 5.74) is 1.66. The van der Waals surface area contributed by atoms with Crippen LogP contribution in [0.3, 0.4) is 0 Å². The molecule has 126 valence electrons. The molecule has 2 aromatic carbocycles. The summed E-state index contributed by atoms with van der Waals surface area (Å²) >= 11 is 0. The van der Waals surface area contributed by atoms with Crippen molar-refractivity contribution in [2.75, 3.05) is 7.11 Å². The fraction of sp³-hybridized carbons (Fsp3) is 0.0526. The topological polar surface area (TPSA) is 99.9 Å². The van der Waals surface area contributed by atoms with Gasteiger partial charge in [0, 0.05) is 11.0 Å². The van der Waals surface area contributed by atoms with Gasteiger partial charge < -0.3 is 20.1 Å². The zero-order valence-electron chi connectivity index (χ0n) is 13.4. The summed E-state index contributed by atoms with van der Waals surface area (Å²) in [6.07, 6.45) is 0. The van der Waals surface area contributed by atoms with Crippen molar-refractivity contribution in [3.05, 3.63) is 65.9 Å². The van der Waals surface area contributed by atoms with Gasteiger partial charge in [-0.3, -0.25) is 0 Å². The van der Waals surface area contributed by atoms with E-state index >= 15 is 0 Å². The molecule has 0 aliphatic heterocycles. The number of hydrogen-bond donors (Lipinski definition) is 3. The predicted octanol–water partition coefficient (Wildman–Crippen LogP) is 3.41. The molecule has 0 aliphatic carbocycles. The lowest BCUT2D eigenvalue weighted by molar-refractivity contribution is 0.0694. The van der Waals surface area contributed by atoms with Gasteiger partial charge in [0.05, 0.1) is 12.8 Å². The molecule has 0 fully saturated rings. The smallest absolute Gasteiger partial charge is 0.339 e. The van der Waals surface area contributed by atoms with Crippen LogP contribution >= 0.6 is 0 Å². The molecular weight excluding hydrogens is 322 g/mol. The first-order valence-electron chi connectivity index (χ1n) is 7.35. The second kappa shape index (κ2) is 6.16. The number of carboxylic acids is 1. The van der Waals surface area contributed by atoms with Gasteiger partial charge in [0.15, 0.2) is 17.2 Å². The lowest BCUT2D eigenvalue weighted by Gasteiger charge is -2.11. The number of aromatic hydroxyl groups is 2. The van der Waals surface area contributed by atoms with Crippen LogP contribution in [0.15, 0.2) is 49.0 Å². The Balaban J connectivity index is 2.11. The highest BCUT2D eigenvalue weighted by molar-refractivity contribution is 5.99. The molecular formula is C19H15NO5. The second-order valence-electron chi connectivity index (χ2n) is 5.40. The van der Waals surface area contributed by atoms with Crippen molar-refractivity contribution in [2.45, 2.75) is 0 Å². The summed E-state index contributed by atoms with van der Waals surface area (Å²) in [5.74, 6) is -1.30. The van der Waals surface area contributed by atoms with E-state index in [-0.39, 0.29) is 22.6 Å². The molecule has 0 unspecified atom stereocenters. The van der Waals surface area contributed by atoms with E-state index in [9.17, 15) is 15.0 Å². The van der Waals surface area contributed by atoms with E-state index in [1.807, 2.05) is 0 Å². The van der Waals surface area contributed by atoms with Crippen molar-refractivity contribution in [1.82, 2.24) is 4.98 Å². The van der Waals surface area contributed by atoms with Gasteiger partial charge in [0.2, 0.25) is 0 Å². The van der Waals surface area contributed by atoms with E-state index in [0.717, 1.165) is 0 Å². The number of aromatic carboxylic acids is 1. The number of fused-ring (bicyclic) bond motifs is 1. The summed E-state index contributed by atoms with van der Waals surface area (Å²) in [6.45, 7) is 4.00. The standard InChI is InChI=1S/C19H15NO5/c1-10(12-5-8-15(21)16(9-12)25-2)14-7-4-11-3-6-13(19(23)24)18(22)17(11)20-14/h3-9,21-22H,1H2,2H3,(H,23,24). The Morgan fingerprint density at radius 1 is 1.12 bits per heavy atom. The van der Waals surface area contributed by atoms with E-state index in [2.05, 4.69) is 11.6 Å². The third-order valence-corrected chi connectivity index (χ3v) is 3.90. The van der Waals surface area contributed by atoms with Crippen LogP contribution in [0.5, 0.6) is 17.2 Å². The molecule has 0 atom stereocenters. The fourth-order valence-corrected chi connectivity index (χ4v) is 2.53. The molecule has 3 N–H and O–H groups in total. The van der Waals surface area contributed by atoms with Crippen molar-refractivity contribution < 1.29 is 24.9 Å². The molecule has 0 aliphatic rings. The zero-order chi connectivity index (χ0) is 18.1. The van der Waals surface area contributed by atoms with E-state index in [1.54, 1.807) is 30.3 Å². The summed E-state index contributed by atoms with van der Waals surface area (Å²) in [7, 11) is 1.45. The maximum atomic E-state index is 11.2.